The van der Waals surface area contributed by atoms with Gasteiger partial charge in [-0.25, -0.2) is 4.39 Å². The first kappa shape index (κ1) is 11.0. The molecule has 0 saturated carbocycles. The largest absolute Gasteiger partial charge is 0.375 e. The summed E-state index contributed by atoms with van der Waals surface area (Å²) in [7, 11) is 0. The van der Waals surface area contributed by atoms with E-state index in [0.717, 1.165) is 10.1 Å². The highest BCUT2D eigenvalue weighted by atomic mass is 32.1. The molecule has 1 heterocycles. The Morgan fingerprint density at radius 3 is 3.12 bits per heavy atom. The molecule has 3 nitrogen and oxygen atoms in total. The van der Waals surface area contributed by atoms with E-state index >= 15 is 0 Å². The Kier molecular flexibility index (Phi) is 3.12. The topological polar surface area (TPSA) is 50.4 Å². The molecule has 0 atom stereocenters. The Bertz CT molecular complexity index is 562. The summed E-state index contributed by atoms with van der Waals surface area (Å²) in [5.74, 6) is -0.320. The molecule has 6 heteroatoms. The van der Waals surface area contributed by atoms with Crippen molar-refractivity contribution in [2.24, 2.45) is 10.8 Å². The number of hydrogen-bond acceptors (Lipinski definition) is 3. The molecule has 0 spiro atoms. The first-order valence-electron chi connectivity index (χ1n) is 4.42. The van der Waals surface area contributed by atoms with Gasteiger partial charge in [-0.2, -0.15) is 5.10 Å². The Hall–Kier alpha value is -1.53. The van der Waals surface area contributed by atoms with Gasteiger partial charge in [-0.05, 0) is 41.2 Å². The molecule has 2 rings (SSSR count). The van der Waals surface area contributed by atoms with E-state index in [0.29, 0.717) is 5.56 Å². The van der Waals surface area contributed by atoms with Gasteiger partial charge in [0.1, 0.15) is 5.82 Å². The smallest absolute Gasteiger partial charge is 0.184 e. The van der Waals surface area contributed by atoms with Gasteiger partial charge in [-0.3, -0.25) is 5.43 Å². The predicted molar refractivity (Wildman–Crippen MR) is 69.3 cm³/mol. The molecule has 16 heavy (non-hydrogen) atoms. The van der Waals surface area contributed by atoms with Crippen molar-refractivity contribution in [2.45, 2.75) is 0 Å². The number of halogens is 1. The molecule has 0 radical (unpaired) electrons. The van der Waals surface area contributed by atoms with E-state index in [-0.39, 0.29) is 10.9 Å². The number of hydrogen-bond donors (Lipinski definition) is 2. The van der Waals surface area contributed by atoms with Gasteiger partial charge in [0.05, 0.1) is 6.21 Å². The van der Waals surface area contributed by atoms with Crippen molar-refractivity contribution >= 4 is 45.0 Å². The van der Waals surface area contributed by atoms with Crippen LogP contribution in [0.1, 0.15) is 5.56 Å². The Labute approximate surface area is 101 Å². The van der Waals surface area contributed by atoms with Gasteiger partial charge in [0, 0.05) is 10.3 Å². The quantitative estimate of drug-likeness (QED) is 0.490. The molecule has 0 amide bonds. The molecule has 2 aromatic rings. The van der Waals surface area contributed by atoms with Crippen LogP contribution in [0.3, 0.4) is 0 Å². The Morgan fingerprint density at radius 2 is 2.38 bits per heavy atom. The summed E-state index contributed by atoms with van der Waals surface area (Å²) in [6, 6.07) is 5.09. The van der Waals surface area contributed by atoms with E-state index in [1.54, 1.807) is 17.4 Å². The molecular weight excluding hydrogens is 245 g/mol. The summed E-state index contributed by atoms with van der Waals surface area (Å²) < 4.78 is 14.6. The number of nitrogens with zero attached hydrogens (tertiary/aromatic N) is 1. The molecule has 0 fully saturated rings. The zero-order chi connectivity index (χ0) is 11.5. The maximum atomic E-state index is 13.5. The zero-order valence-electron chi connectivity index (χ0n) is 8.11. The zero-order valence-corrected chi connectivity index (χ0v) is 9.74. The summed E-state index contributed by atoms with van der Waals surface area (Å²) in [5, 5.41) is 6.57. The summed E-state index contributed by atoms with van der Waals surface area (Å²) >= 11 is 6.12. The average Bonchev–Trinajstić information content (AvgIpc) is 2.64. The van der Waals surface area contributed by atoms with E-state index in [1.807, 2.05) is 11.4 Å². The van der Waals surface area contributed by atoms with Crippen LogP contribution in [-0.4, -0.2) is 11.3 Å². The second-order valence-corrected chi connectivity index (χ2v) is 4.45. The summed E-state index contributed by atoms with van der Waals surface area (Å²) in [4.78, 5) is 0. The number of thiophene rings is 1. The minimum atomic E-state index is -0.320. The van der Waals surface area contributed by atoms with Crippen LogP contribution in [0.15, 0.2) is 28.7 Å². The van der Waals surface area contributed by atoms with Gasteiger partial charge in [0.2, 0.25) is 0 Å². The molecule has 1 aromatic heterocycles. The minimum Gasteiger partial charge on any atom is -0.375 e. The number of nitrogens with one attached hydrogen (secondary N) is 1. The molecule has 0 saturated heterocycles. The van der Waals surface area contributed by atoms with E-state index in [2.05, 4.69) is 22.7 Å². The maximum Gasteiger partial charge on any atom is 0.184 e. The predicted octanol–water partition coefficient (Wildman–Crippen LogP) is 2.21. The lowest BCUT2D eigenvalue weighted by Gasteiger charge is -1.98. The normalized spacial score (nSPS) is 11.1. The summed E-state index contributed by atoms with van der Waals surface area (Å²) in [6.45, 7) is 0. The summed E-state index contributed by atoms with van der Waals surface area (Å²) in [6.07, 6.45) is 1.35. The molecule has 0 bridgehead atoms. The van der Waals surface area contributed by atoms with E-state index < -0.39 is 0 Å². The molecule has 1 aromatic carbocycles. The monoisotopic (exact) mass is 253 g/mol. The number of fused-ring (bicyclic) bond motifs is 1. The highest BCUT2D eigenvalue weighted by molar-refractivity contribution is 7.80. The van der Waals surface area contributed by atoms with Crippen LogP contribution in [0.2, 0.25) is 0 Å². The van der Waals surface area contributed by atoms with E-state index in [9.17, 15) is 4.39 Å². The number of nitrogens with two attached hydrogens (primary N) is 1. The first-order valence-corrected chi connectivity index (χ1v) is 5.71. The van der Waals surface area contributed by atoms with Crippen molar-refractivity contribution in [1.82, 2.24) is 5.43 Å². The maximum absolute atomic E-state index is 13.5. The highest BCUT2D eigenvalue weighted by Gasteiger charge is 2.03. The van der Waals surface area contributed by atoms with Crippen LogP contribution >= 0.6 is 23.6 Å². The molecule has 0 aliphatic carbocycles. The number of rotatable bonds is 2. The van der Waals surface area contributed by atoms with Crippen LogP contribution in [-0.2, 0) is 0 Å². The lowest BCUT2D eigenvalue weighted by molar-refractivity contribution is 0.628. The van der Waals surface area contributed by atoms with Crippen molar-refractivity contribution in [1.29, 1.82) is 0 Å². The molecule has 0 aliphatic heterocycles. The van der Waals surface area contributed by atoms with Crippen molar-refractivity contribution in [2.75, 3.05) is 0 Å². The van der Waals surface area contributed by atoms with Gasteiger partial charge in [-0.15, -0.1) is 11.3 Å². The van der Waals surface area contributed by atoms with Gasteiger partial charge in [0.15, 0.2) is 5.11 Å². The fourth-order valence-corrected chi connectivity index (χ4v) is 2.13. The third kappa shape index (κ3) is 2.34. The number of benzene rings is 1. The van der Waals surface area contributed by atoms with Crippen LogP contribution < -0.4 is 11.2 Å². The third-order valence-electron chi connectivity index (χ3n) is 1.95. The van der Waals surface area contributed by atoms with Crippen molar-refractivity contribution in [3.63, 3.8) is 0 Å². The van der Waals surface area contributed by atoms with Crippen molar-refractivity contribution in [3.05, 3.63) is 35.0 Å². The Morgan fingerprint density at radius 1 is 1.56 bits per heavy atom. The highest BCUT2D eigenvalue weighted by Crippen LogP contribution is 2.23. The minimum absolute atomic E-state index is 0.0499. The Balaban J connectivity index is 2.32. The first-order chi connectivity index (χ1) is 7.66. The molecule has 0 aliphatic rings. The molecule has 3 N–H and O–H groups in total. The molecule has 82 valence electrons. The van der Waals surface area contributed by atoms with Gasteiger partial charge in [0.25, 0.3) is 0 Å². The van der Waals surface area contributed by atoms with Crippen molar-refractivity contribution < 1.29 is 4.39 Å². The van der Waals surface area contributed by atoms with Gasteiger partial charge >= 0.3 is 0 Å². The van der Waals surface area contributed by atoms with Crippen LogP contribution in [0.4, 0.5) is 4.39 Å². The number of hydrazone groups is 1. The lowest BCUT2D eigenvalue weighted by Crippen LogP contribution is -2.24. The van der Waals surface area contributed by atoms with E-state index in [4.69, 9.17) is 5.73 Å². The van der Waals surface area contributed by atoms with Crippen LogP contribution in [0.5, 0.6) is 0 Å². The average molecular weight is 253 g/mol. The summed E-state index contributed by atoms with van der Waals surface area (Å²) in [5.41, 5.74) is 7.96. The molecule has 0 unspecified atom stereocenters. The van der Waals surface area contributed by atoms with E-state index in [1.165, 1.54) is 12.3 Å². The fourth-order valence-electron chi connectivity index (χ4n) is 1.26. The standard InChI is InChI=1S/C10H8FN3S2/c11-8-3-6-1-2-16-9(6)4-7(8)5-13-14-10(12)15/h1-5H,(H3,12,14,15). The second kappa shape index (κ2) is 4.54. The van der Waals surface area contributed by atoms with Crippen LogP contribution in [0, 0.1) is 5.82 Å². The SMILES string of the molecule is NC(=S)NN=Cc1cc2sccc2cc1F. The van der Waals surface area contributed by atoms with Gasteiger partial charge < -0.3 is 5.73 Å². The third-order valence-corrected chi connectivity index (χ3v) is 2.92. The number of thiocarbonyl (C=S) groups is 1. The molecular formula is C10H8FN3S2. The second-order valence-electron chi connectivity index (χ2n) is 3.07. The van der Waals surface area contributed by atoms with Gasteiger partial charge in [-0.1, -0.05) is 0 Å². The lowest BCUT2D eigenvalue weighted by atomic mass is 10.2. The fraction of sp³-hybridized carbons (Fsp3) is 0. The van der Waals surface area contributed by atoms with Crippen LogP contribution in [0.25, 0.3) is 10.1 Å². The van der Waals surface area contributed by atoms with Crippen molar-refractivity contribution in [3.8, 4) is 0 Å².